The molecule has 0 bridgehead atoms. The van der Waals surface area contributed by atoms with Gasteiger partial charge in [0.25, 0.3) is 5.91 Å². The minimum Gasteiger partial charge on any atom is -0.479 e. The molecular formula is C23H19F2NO7. The molecule has 33 heavy (non-hydrogen) atoms. The first-order chi connectivity index (χ1) is 15.6. The van der Waals surface area contributed by atoms with E-state index in [1.165, 1.54) is 24.3 Å². The Bertz CT molecular complexity index is 1180. The van der Waals surface area contributed by atoms with Crippen molar-refractivity contribution in [2.75, 3.05) is 6.61 Å². The SMILES string of the molecule is O=C(O)c1ccc(C(O)CO)cc1C(=O)NC1C=C(c2cccc(F)c2)C=CC1(F)C(=O)O. The second-order valence-electron chi connectivity index (χ2n) is 7.30. The molecule has 2 aromatic rings. The second-order valence-corrected chi connectivity index (χ2v) is 7.30. The molecule has 0 saturated heterocycles. The Morgan fingerprint density at radius 3 is 2.42 bits per heavy atom. The number of hydrogen-bond acceptors (Lipinski definition) is 5. The van der Waals surface area contributed by atoms with E-state index in [2.05, 4.69) is 5.32 Å². The second kappa shape index (κ2) is 9.31. The standard InChI is InChI=1S/C23H19F2NO7/c24-15-3-1-2-12(8-15)13-6-7-23(25,22(32)33)19(10-13)26-20(29)17-9-14(18(28)11-27)4-5-16(17)21(30)31/h1-10,18-19,27-28H,11H2,(H,26,29)(H,30,31)(H,32,33). The van der Waals surface area contributed by atoms with E-state index < -0.39 is 59.2 Å². The monoisotopic (exact) mass is 459 g/mol. The number of nitrogens with one attached hydrogen (secondary N) is 1. The van der Waals surface area contributed by atoms with Crippen LogP contribution in [0.25, 0.3) is 5.57 Å². The van der Waals surface area contributed by atoms with Gasteiger partial charge in [-0.05, 0) is 47.0 Å². The number of rotatable bonds is 7. The number of aliphatic carboxylic acids is 1. The highest BCUT2D eigenvalue weighted by Crippen LogP contribution is 2.31. The predicted octanol–water partition coefficient (Wildman–Crippen LogP) is 2.09. The molecular weight excluding hydrogens is 440 g/mol. The third kappa shape index (κ3) is 4.81. The number of benzene rings is 2. The first-order valence-electron chi connectivity index (χ1n) is 9.63. The Labute approximate surface area is 186 Å². The molecule has 2 aromatic carbocycles. The summed E-state index contributed by atoms with van der Waals surface area (Å²) in [6.45, 7) is -0.701. The number of halogens is 2. The summed E-state index contributed by atoms with van der Waals surface area (Å²) in [5.41, 5.74) is -3.47. The van der Waals surface area contributed by atoms with Crippen molar-refractivity contribution >= 4 is 23.4 Å². The van der Waals surface area contributed by atoms with Crippen LogP contribution in [0.3, 0.4) is 0 Å². The lowest BCUT2D eigenvalue weighted by atomic mass is 9.86. The molecule has 0 aliphatic heterocycles. The molecule has 0 saturated carbocycles. The number of alkyl halides is 1. The van der Waals surface area contributed by atoms with Crippen LogP contribution < -0.4 is 5.32 Å². The summed E-state index contributed by atoms with van der Waals surface area (Å²) in [4.78, 5) is 36.1. The number of allylic oxidation sites excluding steroid dienone is 2. The number of aliphatic hydroxyl groups is 2. The van der Waals surface area contributed by atoms with Crippen molar-refractivity contribution in [3.05, 3.63) is 88.8 Å². The molecule has 172 valence electrons. The average Bonchev–Trinajstić information content (AvgIpc) is 2.79. The lowest BCUT2D eigenvalue weighted by Crippen LogP contribution is -2.53. The summed E-state index contributed by atoms with van der Waals surface area (Å²) in [7, 11) is 0. The number of aliphatic hydroxyl groups excluding tert-OH is 2. The van der Waals surface area contributed by atoms with Crippen molar-refractivity contribution in [3.63, 3.8) is 0 Å². The lowest BCUT2D eigenvalue weighted by Gasteiger charge is -2.30. The molecule has 8 nitrogen and oxygen atoms in total. The quantitative estimate of drug-likeness (QED) is 0.426. The summed E-state index contributed by atoms with van der Waals surface area (Å²) < 4.78 is 28.9. The molecule has 3 unspecified atom stereocenters. The predicted molar refractivity (Wildman–Crippen MR) is 112 cm³/mol. The van der Waals surface area contributed by atoms with Gasteiger partial charge in [-0.25, -0.2) is 18.4 Å². The minimum atomic E-state index is -3.07. The van der Waals surface area contributed by atoms with Crippen molar-refractivity contribution in [1.29, 1.82) is 0 Å². The van der Waals surface area contributed by atoms with E-state index in [-0.39, 0.29) is 11.1 Å². The minimum absolute atomic E-state index is 0.0249. The zero-order chi connectivity index (χ0) is 24.3. The van der Waals surface area contributed by atoms with Gasteiger partial charge >= 0.3 is 11.9 Å². The van der Waals surface area contributed by atoms with Gasteiger partial charge in [-0.2, -0.15) is 0 Å². The molecule has 0 heterocycles. The van der Waals surface area contributed by atoms with Gasteiger partial charge in [0.15, 0.2) is 0 Å². The fourth-order valence-corrected chi connectivity index (χ4v) is 3.35. The highest BCUT2D eigenvalue weighted by Gasteiger charge is 2.46. The molecule has 0 aromatic heterocycles. The maximum absolute atomic E-state index is 15.3. The number of carboxylic acids is 2. The van der Waals surface area contributed by atoms with Crippen molar-refractivity contribution in [2.24, 2.45) is 0 Å². The molecule has 0 spiro atoms. The number of carboxylic acid groups (broad SMARTS) is 2. The van der Waals surface area contributed by atoms with Crippen molar-refractivity contribution in [2.45, 2.75) is 17.8 Å². The Morgan fingerprint density at radius 1 is 1.09 bits per heavy atom. The van der Waals surface area contributed by atoms with Gasteiger partial charge in [-0.15, -0.1) is 0 Å². The number of carbonyl (C=O) groups excluding carboxylic acids is 1. The fraction of sp³-hybridized carbons (Fsp3) is 0.174. The lowest BCUT2D eigenvalue weighted by molar-refractivity contribution is -0.148. The Morgan fingerprint density at radius 2 is 1.82 bits per heavy atom. The van der Waals surface area contributed by atoms with E-state index in [0.717, 1.165) is 30.4 Å². The van der Waals surface area contributed by atoms with Crippen LogP contribution in [0.4, 0.5) is 8.78 Å². The summed E-state index contributed by atoms with van der Waals surface area (Å²) in [6.07, 6.45) is 1.54. The molecule has 1 aliphatic rings. The highest BCUT2D eigenvalue weighted by molar-refractivity contribution is 6.05. The Kier molecular flexibility index (Phi) is 6.70. The van der Waals surface area contributed by atoms with Gasteiger partial charge in [0.1, 0.15) is 11.9 Å². The van der Waals surface area contributed by atoms with Crippen LogP contribution >= 0.6 is 0 Å². The largest absolute Gasteiger partial charge is 0.479 e. The van der Waals surface area contributed by atoms with Crippen LogP contribution in [-0.2, 0) is 4.79 Å². The van der Waals surface area contributed by atoms with Crippen LogP contribution in [-0.4, -0.2) is 56.6 Å². The maximum Gasteiger partial charge on any atom is 0.348 e. The summed E-state index contributed by atoms with van der Waals surface area (Å²) in [6, 6.07) is 6.69. The van der Waals surface area contributed by atoms with Crippen molar-refractivity contribution in [3.8, 4) is 0 Å². The Hall–Kier alpha value is -3.89. The summed E-state index contributed by atoms with van der Waals surface area (Å²) in [5.74, 6) is -5.10. The molecule has 3 atom stereocenters. The zero-order valence-corrected chi connectivity index (χ0v) is 16.9. The zero-order valence-electron chi connectivity index (χ0n) is 16.9. The Balaban J connectivity index is 2.03. The number of hydrogen-bond donors (Lipinski definition) is 5. The molecule has 5 N–H and O–H groups in total. The average molecular weight is 459 g/mol. The number of aromatic carboxylic acids is 1. The molecule has 1 amide bonds. The molecule has 0 fully saturated rings. The van der Waals surface area contributed by atoms with Gasteiger partial charge in [0, 0.05) is 0 Å². The first-order valence-corrected chi connectivity index (χ1v) is 9.63. The highest BCUT2D eigenvalue weighted by atomic mass is 19.1. The number of carbonyl (C=O) groups is 3. The van der Waals surface area contributed by atoms with Gasteiger partial charge in [0.05, 0.1) is 23.8 Å². The summed E-state index contributed by atoms with van der Waals surface area (Å²) >= 11 is 0. The van der Waals surface area contributed by atoms with E-state index in [1.807, 2.05) is 0 Å². The smallest absolute Gasteiger partial charge is 0.348 e. The van der Waals surface area contributed by atoms with E-state index in [9.17, 15) is 34.1 Å². The molecule has 3 rings (SSSR count). The molecule has 1 aliphatic carbocycles. The van der Waals surface area contributed by atoms with Gasteiger partial charge in [0.2, 0.25) is 5.67 Å². The van der Waals surface area contributed by atoms with Crippen molar-refractivity contribution in [1.82, 2.24) is 5.32 Å². The van der Waals surface area contributed by atoms with Crippen molar-refractivity contribution < 1.29 is 43.6 Å². The molecule has 0 radical (unpaired) electrons. The van der Waals surface area contributed by atoms with E-state index in [1.54, 1.807) is 0 Å². The number of amides is 1. The van der Waals surface area contributed by atoms with E-state index >= 15 is 4.39 Å². The van der Waals surface area contributed by atoms with Gasteiger partial charge in [-0.1, -0.05) is 30.4 Å². The third-order valence-electron chi connectivity index (χ3n) is 5.15. The van der Waals surface area contributed by atoms with E-state index in [4.69, 9.17) is 5.11 Å². The van der Waals surface area contributed by atoms with Gasteiger partial charge < -0.3 is 25.7 Å². The first kappa shape index (κ1) is 23.8. The molecule has 10 heteroatoms. The van der Waals surface area contributed by atoms with Crippen LogP contribution in [0.2, 0.25) is 0 Å². The van der Waals surface area contributed by atoms with Gasteiger partial charge in [-0.3, -0.25) is 4.79 Å². The normalized spacial score (nSPS) is 20.6. The van der Waals surface area contributed by atoms with Crippen LogP contribution in [0.5, 0.6) is 0 Å². The maximum atomic E-state index is 15.3. The third-order valence-corrected chi connectivity index (χ3v) is 5.15. The fourth-order valence-electron chi connectivity index (χ4n) is 3.35. The van der Waals surface area contributed by atoms with Crippen LogP contribution in [0.15, 0.2) is 60.7 Å². The summed E-state index contributed by atoms with van der Waals surface area (Å²) in [5, 5.41) is 39.9. The van der Waals surface area contributed by atoms with E-state index in [0.29, 0.717) is 11.6 Å². The van der Waals surface area contributed by atoms with Crippen LogP contribution in [0, 0.1) is 5.82 Å². The van der Waals surface area contributed by atoms with Crippen LogP contribution in [0.1, 0.15) is 37.9 Å². The topological polar surface area (TPSA) is 144 Å².